The summed E-state index contributed by atoms with van der Waals surface area (Å²) in [6, 6.07) is 9.70. The first-order chi connectivity index (χ1) is 13.3. The van der Waals surface area contributed by atoms with E-state index < -0.39 is 0 Å². The van der Waals surface area contributed by atoms with Crippen LogP contribution in [0, 0.1) is 0 Å². The fraction of sp³-hybridized carbons (Fsp3) is 0.435. The Kier molecular flexibility index (Phi) is 5.54. The van der Waals surface area contributed by atoms with Gasteiger partial charge in [-0.05, 0) is 34.7 Å². The highest BCUT2D eigenvalue weighted by molar-refractivity contribution is 5.84. The lowest BCUT2D eigenvalue weighted by Crippen LogP contribution is -2.27. The third-order valence-corrected chi connectivity index (χ3v) is 5.79. The van der Waals surface area contributed by atoms with Crippen molar-refractivity contribution in [3.05, 3.63) is 47.0 Å². The Balaban J connectivity index is 2.22. The lowest BCUT2D eigenvalue weighted by atomic mass is 9.69. The molecule has 0 saturated heterocycles. The maximum absolute atomic E-state index is 12.9. The lowest BCUT2D eigenvalue weighted by Gasteiger charge is -2.35. The number of rotatable bonds is 5. The Labute approximate surface area is 166 Å². The molecule has 0 heterocycles. The molecule has 0 bridgehead atoms. The van der Waals surface area contributed by atoms with Gasteiger partial charge in [0.15, 0.2) is 0 Å². The van der Waals surface area contributed by atoms with Crippen LogP contribution in [-0.2, 0) is 16.6 Å². The van der Waals surface area contributed by atoms with Gasteiger partial charge in [-0.3, -0.25) is 4.79 Å². The second-order valence-corrected chi connectivity index (χ2v) is 7.70. The molecule has 0 saturated carbocycles. The fourth-order valence-corrected chi connectivity index (χ4v) is 4.18. The molecular formula is C23H28O5. The molecule has 2 aromatic rings. The number of ketones is 1. The molecule has 28 heavy (non-hydrogen) atoms. The maximum Gasteiger partial charge on any atom is 0.138 e. The monoisotopic (exact) mass is 384 g/mol. The molecule has 0 aromatic heterocycles. The van der Waals surface area contributed by atoms with Crippen LogP contribution in [0.1, 0.15) is 42.9 Å². The Bertz CT molecular complexity index is 863. The molecule has 1 aliphatic carbocycles. The van der Waals surface area contributed by atoms with E-state index in [-0.39, 0.29) is 17.1 Å². The van der Waals surface area contributed by atoms with Gasteiger partial charge in [-0.15, -0.1) is 0 Å². The first-order valence-electron chi connectivity index (χ1n) is 9.34. The molecule has 0 N–H and O–H groups in total. The predicted octanol–water partition coefficient (Wildman–Crippen LogP) is 4.30. The van der Waals surface area contributed by atoms with Gasteiger partial charge in [0.1, 0.15) is 28.8 Å². The topological polar surface area (TPSA) is 54.0 Å². The SMILES string of the molecule is COc1cc(OC)cc(C2CC(=O)Cc3c(OC)cc(OC)cc3C2(C)C)c1. The zero-order valence-electron chi connectivity index (χ0n) is 17.4. The standard InChI is InChI=1S/C23H28O5/c1-23(2)20(14-7-16(25-3)11-17(8-14)26-4)10-15(24)9-19-21(23)12-18(27-5)13-22(19)28-6/h7-8,11-13,20H,9-10H2,1-6H3. The molecule has 150 valence electrons. The number of Topliss-reactive ketones (excluding diaryl/α,β-unsaturated/α-hetero) is 1. The minimum Gasteiger partial charge on any atom is -0.497 e. The van der Waals surface area contributed by atoms with Crippen LogP contribution in [0.25, 0.3) is 0 Å². The van der Waals surface area contributed by atoms with E-state index >= 15 is 0 Å². The summed E-state index contributed by atoms with van der Waals surface area (Å²) in [5.41, 5.74) is 2.70. The molecule has 5 nitrogen and oxygen atoms in total. The van der Waals surface area contributed by atoms with Crippen LogP contribution >= 0.6 is 0 Å². The second kappa shape index (κ2) is 7.74. The molecule has 1 atom stereocenters. The van der Waals surface area contributed by atoms with E-state index in [0.29, 0.717) is 30.1 Å². The molecule has 2 aromatic carbocycles. The number of hydrogen-bond donors (Lipinski definition) is 0. The molecule has 3 rings (SSSR count). The van der Waals surface area contributed by atoms with E-state index in [1.165, 1.54) is 0 Å². The lowest BCUT2D eigenvalue weighted by molar-refractivity contribution is -0.118. The number of ether oxygens (including phenoxy) is 4. The van der Waals surface area contributed by atoms with E-state index in [2.05, 4.69) is 13.8 Å². The number of carbonyl (C=O) groups is 1. The summed E-state index contributed by atoms with van der Waals surface area (Å²) in [6.07, 6.45) is 0.785. The molecule has 1 aliphatic rings. The van der Waals surface area contributed by atoms with Gasteiger partial charge in [-0.25, -0.2) is 0 Å². The van der Waals surface area contributed by atoms with Crippen molar-refractivity contribution in [1.82, 2.24) is 0 Å². The number of fused-ring (bicyclic) bond motifs is 1. The van der Waals surface area contributed by atoms with Crippen molar-refractivity contribution in [3.8, 4) is 23.0 Å². The van der Waals surface area contributed by atoms with Gasteiger partial charge in [0, 0.05) is 36.5 Å². The molecule has 0 radical (unpaired) electrons. The van der Waals surface area contributed by atoms with Gasteiger partial charge < -0.3 is 18.9 Å². The molecule has 1 unspecified atom stereocenters. The third kappa shape index (κ3) is 3.53. The van der Waals surface area contributed by atoms with Crippen molar-refractivity contribution in [2.45, 2.75) is 38.0 Å². The Hall–Kier alpha value is -2.69. The van der Waals surface area contributed by atoms with Gasteiger partial charge >= 0.3 is 0 Å². The average Bonchev–Trinajstić information content (AvgIpc) is 2.80. The Morgan fingerprint density at radius 2 is 1.39 bits per heavy atom. The zero-order chi connectivity index (χ0) is 20.5. The number of carbonyl (C=O) groups excluding carboxylic acids is 1. The van der Waals surface area contributed by atoms with Crippen LogP contribution in [0.5, 0.6) is 23.0 Å². The quantitative estimate of drug-likeness (QED) is 0.720. The van der Waals surface area contributed by atoms with E-state index in [0.717, 1.165) is 22.4 Å². The largest absolute Gasteiger partial charge is 0.497 e. The molecule has 5 heteroatoms. The van der Waals surface area contributed by atoms with E-state index in [1.54, 1.807) is 28.4 Å². The van der Waals surface area contributed by atoms with E-state index in [9.17, 15) is 4.79 Å². The van der Waals surface area contributed by atoms with Crippen molar-refractivity contribution in [1.29, 1.82) is 0 Å². The number of methoxy groups -OCH3 is 4. The van der Waals surface area contributed by atoms with Gasteiger partial charge in [-0.1, -0.05) is 13.8 Å². The van der Waals surface area contributed by atoms with Crippen LogP contribution in [0.15, 0.2) is 30.3 Å². The molecular weight excluding hydrogens is 356 g/mol. The number of benzene rings is 2. The van der Waals surface area contributed by atoms with Crippen molar-refractivity contribution < 1.29 is 23.7 Å². The summed E-state index contributed by atoms with van der Waals surface area (Å²) in [6.45, 7) is 4.33. The minimum absolute atomic E-state index is 0.0398. The van der Waals surface area contributed by atoms with Gasteiger partial charge in [-0.2, -0.15) is 0 Å². The van der Waals surface area contributed by atoms with Crippen LogP contribution < -0.4 is 18.9 Å². The highest BCUT2D eigenvalue weighted by Crippen LogP contribution is 2.49. The van der Waals surface area contributed by atoms with Crippen LogP contribution in [0.4, 0.5) is 0 Å². The predicted molar refractivity (Wildman–Crippen MR) is 108 cm³/mol. The summed E-state index contributed by atoms with van der Waals surface area (Å²) >= 11 is 0. The van der Waals surface area contributed by atoms with Crippen molar-refractivity contribution in [2.24, 2.45) is 0 Å². The summed E-state index contributed by atoms with van der Waals surface area (Å²) in [7, 11) is 6.53. The zero-order valence-corrected chi connectivity index (χ0v) is 17.4. The van der Waals surface area contributed by atoms with E-state index in [1.807, 2.05) is 30.3 Å². The van der Waals surface area contributed by atoms with Crippen LogP contribution in [0.2, 0.25) is 0 Å². The van der Waals surface area contributed by atoms with Crippen molar-refractivity contribution in [2.75, 3.05) is 28.4 Å². The van der Waals surface area contributed by atoms with Crippen LogP contribution in [0.3, 0.4) is 0 Å². The molecule has 0 amide bonds. The maximum atomic E-state index is 12.9. The van der Waals surface area contributed by atoms with Crippen LogP contribution in [-0.4, -0.2) is 34.2 Å². The molecule has 0 spiro atoms. The summed E-state index contributed by atoms with van der Waals surface area (Å²) < 4.78 is 22.0. The van der Waals surface area contributed by atoms with Gasteiger partial charge in [0.05, 0.1) is 28.4 Å². The van der Waals surface area contributed by atoms with Crippen molar-refractivity contribution in [3.63, 3.8) is 0 Å². The average molecular weight is 384 g/mol. The summed E-state index contributed by atoms with van der Waals surface area (Å²) in [5, 5.41) is 0. The normalized spacial score (nSPS) is 18.1. The first-order valence-corrected chi connectivity index (χ1v) is 9.34. The third-order valence-electron chi connectivity index (χ3n) is 5.79. The summed E-state index contributed by atoms with van der Waals surface area (Å²) in [4.78, 5) is 12.9. The Morgan fingerprint density at radius 3 is 1.93 bits per heavy atom. The van der Waals surface area contributed by atoms with Crippen molar-refractivity contribution >= 4 is 5.78 Å². The fourth-order valence-electron chi connectivity index (χ4n) is 4.18. The second-order valence-electron chi connectivity index (χ2n) is 7.70. The Morgan fingerprint density at radius 1 is 0.821 bits per heavy atom. The summed E-state index contributed by atoms with van der Waals surface area (Å²) in [5.74, 6) is 2.99. The first kappa shape index (κ1) is 20.1. The highest BCUT2D eigenvalue weighted by Gasteiger charge is 2.40. The minimum atomic E-state index is -0.333. The molecule has 0 aliphatic heterocycles. The van der Waals surface area contributed by atoms with Gasteiger partial charge in [0.25, 0.3) is 0 Å². The molecule has 0 fully saturated rings. The van der Waals surface area contributed by atoms with E-state index in [4.69, 9.17) is 18.9 Å². The number of hydrogen-bond acceptors (Lipinski definition) is 5. The highest BCUT2D eigenvalue weighted by atomic mass is 16.5. The smallest absolute Gasteiger partial charge is 0.138 e. The van der Waals surface area contributed by atoms with Gasteiger partial charge in [0.2, 0.25) is 0 Å².